The number of phenols is 1. The highest BCUT2D eigenvalue weighted by Gasteiger charge is 2.19. The summed E-state index contributed by atoms with van der Waals surface area (Å²) in [6.07, 6.45) is 0.380. The van der Waals surface area contributed by atoms with E-state index in [9.17, 15) is 15.6 Å². The van der Waals surface area contributed by atoms with E-state index in [2.05, 4.69) is 6.07 Å². The third kappa shape index (κ3) is 2.51. The molecular weight excluding hydrogens is 300 g/mol. The van der Waals surface area contributed by atoms with Crippen molar-refractivity contribution in [3.05, 3.63) is 70.8 Å². The lowest BCUT2D eigenvalue weighted by molar-refractivity contribution is 0.372. The van der Waals surface area contributed by atoms with Crippen molar-refractivity contribution in [1.82, 2.24) is 0 Å². The maximum atomic E-state index is 10.2. The maximum Gasteiger partial charge on any atom is 0.176 e. The average molecular weight is 314 g/mol. The van der Waals surface area contributed by atoms with Crippen molar-refractivity contribution < 1.29 is 9.84 Å². The summed E-state index contributed by atoms with van der Waals surface area (Å²) in [4.78, 5) is 0. The van der Waals surface area contributed by atoms with E-state index in [4.69, 9.17) is 4.74 Å². The summed E-state index contributed by atoms with van der Waals surface area (Å²) in [5.41, 5.74) is 1.91. The summed E-state index contributed by atoms with van der Waals surface area (Å²) in [5.74, 6) is -0.0981. The fourth-order valence-electron chi connectivity index (χ4n) is 2.88. The number of ether oxygens (including phenoxy) is 1. The fraction of sp³-hybridized carbons (Fsp3) is 0.100. The van der Waals surface area contributed by atoms with Crippen LogP contribution in [-0.2, 0) is 6.42 Å². The van der Waals surface area contributed by atoms with Gasteiger partial charge in [0.15, 0.2) is 11.5 Å². The van der Waals surface area contributed by atoms with Crippen LogP contribution in [0.1, 0.15) is 22.3 Å². The maximum absolute atomic E-state index is 10.2. The molecule has 0 aliphatic rings. The molecule has 0 aromatic heterocycles. The average Bonchev–Trinajstić information content (AvgIpc) is 2.62. The molecule has 3 aromatic carbocycles. The third-order valence-electron chi connectivity index (χ3n) is 4.07. The van der Waals surface area contributed by atoms with E-state index in [0.29, 0.717) is 17.5 Å². The van der Waals surface area contributed by atoms with Crippen molar-refractivity contribution in [2.45, 2.75) is 6.42 Å². The van der Waals surface area contributed by atoms with Crippen LogP contribution in [0.2, 0.25) is 0 Å². The number of methoxy groups -OCH3 is 1. The third-order valence-corrected chi connectivity index (χ3v) is 4.07. The molecule has 0 saturated heterocycles. The lowest BCUT2D eigenvalue weighted by Gasteiger charge is -2.13. The second-order valence-corrected chi connectivity index (χ2v) is 5.37. The number of hydrogen-bond donors (Lipinski definition) is 1. The summed E-state index contributed by atoms with van der Waals surface area (Å²) in [7, 11) is 1.39. The molecule has 4 nitrogen and oxygen atoms in total. The minimum atomic E-state index is -0.228. The fourth-order valence-corrected chi connectivity index (χ4v) is 2.88. The SMILES string of the molecule is COc1cc(C#N)c(Cc2cccc3ccccc23)c(C#N)c1O. The van der Waals surface area contributed by atoms with E-state index >= 15 is 0 Å². The second kappa shape index (κ2) is 6.32. The Kier molecular flexibility index (Phi) is 4.05. The number of nitrogens with zero attached hydrogens (tertiary/aromatic N) is 2. The van der Waals surface area contributed by atoms with Gasteiger partial charge >= 0.3 is 0 Å². The summed E-state index contributed by atoms with van der Waals surface area (Å²) in [5, 5.41) is 31.3. The molecule has 0 aliphatic heterocycles. The highest BCUT2D eigenvalue weighted by molar-refractivity contribution is 5.86. The van der Waals surface area contributed by atoms with Crippen LogP contribution in [0, 0.1) is 22.7 Å². The van der Waals surface area contributed by atoms with E-state index < -0.39 is 0 Å². The summed E-state index contributed by atoms with van der Waals surface area (Å²) in [6.45, 7) is 0. The minimum absolute atomic E-state index is 0.0823. The van der Waals surface area contributed by atoms with Gasteiger partial charge in [-0.1, -0.05) is 42.5 Å². The Morgan fingerprint density at radius 1 is 1.04 bits per heavy atom. The van der Waals surface area contributed by atoms with Gasteiger partial charge in [0.05, 0.1) is 18.7 Å². The number of fused-ring (bicyclic) bond motifs is 1. The molecule has 116 valence electrons. The molecular formula is C20H14N2O2. The summed E-state index contributed by atoms with van der Waals surface area (Å²) < 4.78 is 5.05. The first-order chi connectivity index (χ1) is 11.7. The molecule has 24 heavy (non-hydrogen) atoms. The topological polar surface area (TPSA) is 77.0 Å². The van der Waals surface area contributed by atoms with Crippen molar-refractivity contribution >= 4 is 10.8 Å². The van der Waals surface area contributed by atoms with Gasteiger partial charge in [0.1, 0.15) is 11.6 Å². The Balaban J connectivity index is 2.22. The molecule has 4 heteroatoms. The zero-order valence-corrected chi connectivity index (χ0v) is 13.1. The van der Waals surface area contributed by atoms with Crippen molar-refractivity contribution in [2.24, 2.45) is 0 Å². The highest BCUT2D eigenvalue weighted by Crippen LogP contribution is 2.36. The zero-order valence-electron chi connectivity index (χ0n) is 13.1. The van der Waals surface area contributed by atoms with Crippen molar-refractivity contribution in [3.63, 3.8) is 0 Å². The number of rotatable bonds is 3. The summed E-state index contributed by atoms with van der Waals surface area (Å²) in [6, 6.07) is 19.4. The smallest absolute Gasteiger partial charge is 0.176 e. The number of aromatic hydroxyl groups is 1. The monoisotopic (exact) mass is 314 g/mol. The molecule has 0 heterocycles. The Labute approximate surface area is 139 Å². The van der Waals surface area contributed by atoms with Crippen LogP contribution < -0.4 is 4.74 Å². The number of phenolic OH excluding ortho intramolecular Hbond substituents is 1. The Bertz CT molecular complexity index is 1010. The number of benzene rings is 3. The minimum Gasteiger partial charge on any atom is -0.503 e. The van der Waals surface area contributed by atoms with Crippen LogP contribution in [-0.4, -0.2) is 12.2 Å². The van der Waals surface area contributed by atoms with Gasteiger partial charge in [-0.3, -0.25) is 0 Å². The molecule has 0 spiro atoms. The molecule has 0 saturated carbocycles. The molecule has 0 fully saturated rings. The molecule has 0 unspecified atom stereocenters. The molecule has 3 aromatic rings. The van der Waals surface area contributed by atoms with E-state index in [-0.39, 0.29) is 17.1 Å². The highest BCUT2D eigenvalue weighted by atomic mass is 16.5. The van der Waals surface area contributed by atoms with Gasteiger partial charge in [0.2, 0.25) is 0 Å². The summed E-state index contributed by atoms with van der Waals surface area (Å²) >= 11 is 0. The predicted molar refractivity (Wildman–Crippen MR) is 90.8 cm³/mol. The largest absolute Gasteiger partial charge is 0.503 e. The van der Waals surface area contributed by atoms with Crippen LogP contribution >= 0.6 is 0 Å². The van der Waals surface area contributed by atoms with Crippen LogP contribution in [0.15, 0.2) is 48.5 Å². The van der Waals surface area contributed by atoms with Crippen LogP contribution in [0.5, 0.6) is 11.5 Å². The van der Waals surface area contributed by atoms with Crippen LogP contribution in [0.25, 0.3) is 10.8 Å². The van der Waals surface area contributed by atoms with Crippen molar-refractivity contribution in [2.75, 3.05) is 7.11 Å². The standard InChI is InChI=1S/C20H14N2O2/c1-24-19-10-15(11-21)17(18(12-22)20(19)23)9-14-7-4-6-13-5-2-3-8-16(13)14/h2-8,10,23H,9H2,1H3. The molecule has 1 N–H and O–H groups in total. The van der Waals surface area contributed by atoms with E-state index in [1.807, 2.05) is 48.5 Å². The Morgan fingerprint density at radius 3 is 2.50 bits per heavy atom. The van der Waals surface area contributed by atoms with Gasteiger partial charge in [0.25, 0.3) is 0 Å². The van der Waals surface area contributed by atoms with E-state index in [1.165, 1.54) is 13.2 Å². The van der Waals surface area contributed by atoms with Crippen LogP contribution in [0.3, 0.4) is 0 Å². The molecule has 3 rings (SSSR count). The quantitative estimate of drug-likeness (QED) is 0.795. The first-order valence-electron chi connectivity index (χ1n) is 7.39. The first-order valence-corrected chi connectivity index (χ1v) is 7.39. The Hall–Kier alpha value is -3.50. The zero-order chi connectivity index (χ0) is 17.1. The van der Waals surface area contributed by atoms with Gasteiger partial charge in [0, 0.05) is 12.5 Å². The second-order valence-electron chi connectivity index (χ2n) is 5.37. The van der Waals surface area contributed by atoms with Crippen LogP contribution in [0.4, 0.5) is 0 Å². The predicted octanol–water partition coefficient (Wildman–Crippen LogP) is 3.89. The lowest BCUT2D eigenvalue weighted by Crippen LogP contribution is -2.00. The van der Waals surface area contributed by atoms with Crippen molar-refractivity contribution in [3.8, 4) is 23.6 Å². The van der Waals surface area contributed by atoms with Gasteiger partial charge in [-0.05, 0) is 21.9 Å². The molecule has 0 aliphatic carbocycles. The van der Waals surface area contributed by atoms with Gasteiger partial charge in [-0.25, -0.2) is 0 Å². The molecule has 0 radical (unpaired) electrons. The van der Waals surface area contributed by atoms with Gasteiger partial charge < -0.3 is 9.84 Å². The lowest BCUT2D eigenvalue weighted by atomic mass is 9.92. The first kappa shape index (κ1) is 15.4. The molecule has 0 bridgehead atoms. The Morgan fingerprint density at radius 2 is 1.79 bits per heavy atom. The molecule has 0 amide bonds. The molecule has 0 atom stereocenters. The van der Waals surface area contributed by atoms with E-state index in [0.717, 1.165) is 16.3 Å². The van der Waals surface area contributed by atoms with E-state index in [1.54, 1.807) is 0 Å². The normalized spacial score (nSPS) is 10.1. The van der Waals surface area contributed by atoms with Gasteiger partial charge in [-0.15, -0.1) is 0 Å². The van der Waals surface area contributed by atoms with Gasteiger partial charge in [-0.2, -0.15) is 10.5 Å². The van der Waals surface area contributed by atoms with Crippen molar-refractivity contribution in [1.29, 1.82) is 10.5 Å². The number of nitriles is 2. The number of hydrogen-bond acceptors (Lipinski definition) is 4.